The average molecular weight is 298 g/mol. The Bertz CT molecular complexity index is 726. The molecule has 20 heavy (non-hydrogen) atoms. The van der Waals surface area contributed by atoms with Crippen molar-refractivity contribution in [2.24, 2.45) is 0 Å². The van der Waals surface area contributed by atoms with Gasteiger partial charge >= 0.3 is 5.69 Å². The number of hydrogen-bond donors (Lipinski definition) is 2. The van der Waals surface area contributed by atoms with Crippen LogP contribution in [0.4, 0.5) is 11.4 Å². The molecule has 0 aliphatic rings. The van der Waals surface area contributed by atoms with Crippen molar-refractivity contribution in [1.82, 2.24) is 10.2 Å². The van der Waals surface area contributed by atoms with Gasteiger partial charge in [-0.15, -0.1) is 0 Å². The lowest BCUT2D eigenvalue weighted by molar-refractivity contribution is -0.385. The minimum absolute atomic E-state index is 0.0428. The van der Waals surface area contributed by atoms with E-state index >= 15 is 0 Å². The van der Waals surface area contributed by atoms with Crippen LogP contribution in [0.1, 0.15) is 0 Å². The van der Waals surface area contributed by atoms with Crippen LogP contribution in [0.2, 0.25) is 0 Å². The second-order valence-corrected chi connectivity index (χ2v) is 5.37. The topological polar surface area (TPSA) is 127 Å². The van der Waals surface area contributed by atoms with Gasteiger partial charge in [-0.2, -0.15) is 5.10 Å². The van der Waals surface area contributed by atoms with Gasteiger partial charge in [-0.05, 0) is 12.1 Å². The van der Waals surface area contributed by atoms with Crippen molar-refractivity contribution in [2.75, 3.05) is 11.8 Å². The third-order valence-electron chi connectivity index (χ3n) is 2.41. The van der Waals surface area contributed by atoms with Gasteiger partial charge in [-0.25, -0.2) is 8.42 Å². The number of sulfonamides is 1. The molecule has 1 aromatic carbocycles. The molecule has 0 aliphatic heterocycles. The molecule has 0 spiro atoms. The number of nitrogens with one attached hydrogen (secondary N) is 2. The molecule has 2 rings (SSSR count). The molecular weight excluding hydrogens is 288 g/mol. The Morgan fingerprint density at radius 1 is 1.45 bits per heavy atom. The van der Waals surface area contributed by atoms with E-state index < -0.39 is 14.9 Å². The van der Waals surface area contributed by atoms with E-state index in [-0.39, 0.29) is 22.0 Å². The summed E-state index contributed by atoms with van der Waals surface area (Å²) in [6.07, 6.45) is 2.32. The standard InChI is InChI=1S/C10H10N4O5S/c1-19-10-3-2-7(4-9(10)14(15)16)13-20(17,18)8-5-11-12-6-8/h2-6,13H,1H3,(H,11,12). The van der Waals surface area contributed by atoms with Gasteiger partial charge in [0.25, 0.3) is 10.0 Å². The van der Waals surface area contributed by atoms with Crippen LogP contribution in [0.25, 0.3) is 0 Å². The number of methoxy groups -OCH3 is 1. The van der Waals surface area contributed by atoms with Crippen molar-refractivity contribution in [3.8, 4) is 5.75 Å². The summed E-state index contributed by atoms with van der Waals surface area (Å²) in [5.41, 5.74) is -0.279. The van der Waals surface area contributed by atoms with E-state index in [9.17, 15) is 18.5 Å². The molecule has 9 nitrogen and oxygen atoms in total. The number of nitrogens with zero attached hydrogens (tertiary/aromatic N) is 2. The summed E-state index contributed by atoms with van der Waals surface area (Å²) in [6, 6.07) is 3.76. The number of H-pyrrole nitrogens is 1. The van der Waals surface area contributed by atoms with Gasteiger partial charge in [0, 0.05) is 12.3 Å². The van der Waals surface area contributed by atoms with Gasteiger partial charge in [0.2, 0.25) is 0 Å². The highest BCUT2D eigenvalue weighted by Crippen LogP contribution is 2.30. The average Bonchev–Trinajstić information content (AvgIpc) is 2.92. The molecule has 0 unspecified atom stereocenters. The molecule has 0 aliphatic carbocycles. The number of nitro benzene ring substituents is 1. The molecule has 0 atom stereocenters. The highest BCUT2D eigenvalue weighted by atomic mass is 32.2. The molecule has 0 saturated heterocycles. The Balaban J connectivity index is 2.36. The minimum Gasteiger partial charge on any atom is -0.490 e. The second-order valence-electron chi connectivity index (χ2n) is 3.68. The number of anilines is 1. The fourth-order valence-corrected chi connectivity index (χ4v) is 2.45. The van der Waals surface area contributed by atoms with Gasteiger partial charge in [0.05, 0.1) is 23.9 Å². The van der Waals surface area contributed by atoms with Gasteiger partial charge < -0.3 is 4.74 Å². The van der Waals surface area contributed by atoms with Gasteiger partial charge in [-0.1, -0.05) is 0 Å². The zero-order chi connectivity index (χ0) is 14.8. The molecule has 0 radical (unpaired) electrons. The zero-order valence-electron chi connectivity index (χ0n) is 10.2. The van der Waals surface area contributed by atoms with E-state index in [1.54, 1.807) is 0 Å². The molecule has 106 valence electrons. The van der Waals surface area contributed by atoms with Crippen LogP contribution < -0.4 is 9.46 Å². The summed E-state index contributed by atoms with van der Waals surface area (Å²) in [5.74, 6) is 0.0428. The van der Waals surface area contributed by atoms with E-state index in [0.29, 0.717) is 0 Å². The first-order valence-corrected chi connectivity index (χ1v) is 6.76. The molecule has 0 amide bonds. The maximum absolute atomic E-state index is 11.9. The first-order valence-electron chi connectivity index (χ1n) is 5.28. The zero-order valence-corrected chi connectivity index (χ0v) is 11.0. The van der Waals surface area contributed by atoms with Crippen LogP contribution in [-0.4, -0.2) is 30.6 Å². The van der Waals surface area contributed by atoms with Crippen molar-refractivity contribution in [3.63, 3.8) is 0 Å². The lowest BCUT2D eigenvalue weighted by Gasteiger charge is -2.07. The first kappa shape index (κ1) is 13.8. The van der Waals surface area contributed by atoms with Gasteiger partial charge in [0.1, 0.15) is 4.90 Å². The molecule has 0 bridgehead atoms. The molecule has 1 aromatic heterocycles. The Kier molecular flexibility index (Phi) is 3.57. The first-order chi connectivity index (χ1) is 9.44. The van der Waals surface area contributed by atoms with Crippen molar-refractivity contribution in [3.05, 3.63) is 40.7 Å². The molecule has 1 heterocycles. The lowest BCUT2D eigenvalue weighted by atomic mass is 10.2. The fourth-order valence-electron chi connectivity index (χ4n) is 1.50. The third-order valence-corrected chi connectivity index (χ3v) is 3.76. The van der Waals surface area contributed by atoms with Gasteiger partial charge in [0.15, 0.2) is 5.75 Å². The van der Waals surface area contributed by atoms with E-state index in [1.807, 2.05) is 0 Å². The number of nitro groups is 1. The van der Waals surface area contributed by atoms with Crippen molar-refractivity contribution in [2.45, 2.75) is 4.90 Å². The summed E-state index contributed by atoms with van der Waals surface area (Å²) in [6.45, 7) is 0. The molecule has 2 aromatic rings. The van der Waals surface area contributed by atoms with Crippen molar-refractivity contribution >= 4 is 21.4 Å². The molecule has 10 heteroatoms. The maximum atomic E-state index is 11.9. The normalized spacial score (nSPS) is 11.1. The maximum Gasteiger partial charge on any atom is 0.312 e. The van der Waals surface area contributed by atoms with E-state index in [1.165, 1.54) is 25.4 Å². The highest BCUT2D eigenvalue weighted by Gasteiger charge is 2.19. The number of ether oxygens (including phenoxy) is 1. The van der Waals surface area contributed by atoms with Crippen molar-refractivity contribution < 1.29 is 18.1 Å². The van der Waals surface area contributed by atoms with Crippen LogP contribution in [0.3, 0.4) is 0 Å². The third kappa shape index (κ3) is 2.69. The van der Waals surface area contributed by atoms with Crippen LogP contribution in [0.5, 0.6) is 5.75 Å². The summed E-state index contributed by atoms with van der Waals surface area (Å²) in [7, 11) is -2.55. The molecule has 2 N–H and O–H groups in total. The fraction of sp³-hybridized carbons (Fsp3) is 0.100. The van der Waals surface area contributed by atoms with Crippen LogP contribution >= 0.6 is 0 Å². The summed E-state index contributed by atoms with van der Waals surface area (Å²) < 4.78 is 30.9. The van der Waals surface area contributed by atoms with E-state index in [2.05, 4.69) is 14.9 Å². The number of aromatic amines is 1. The van der Waals surface area contributed by atoms with Crippen LogP contribution in [0, 0.1) is 10.1 Å². The summed E-state index contributed by atoms with van der Waals surface area (Å²) in [5, 5.41) is 16.8. The molecule has 0 saturated carbocycles. The Hall–Kier alpha value is -2.62. The van der Waals surface area contributed by atoms with Gasteiger partial charge in [-0.3, -0.25) is 19.9 Å². The Morgan fingerprint density at radius 2 is 2.20 bits per heavy atom. The SMILES string of the molecule is COc1ccc(NS(=O)(=O)c2cn[nH]c2)cc1[N+](=O)[O-]. The number of hydrogen-bond acceptors (Lipinski definition) is 6. The Morgan fingerprint density at radius 3 is 2.75 bits per heavy atom. The largest absolute Gasteiger partial charge is 0.490 e. The lowest BCUT2D eigenvalue weighted by Crippen LogP contribution is -2.12. The summed E-state index contributed by atoms with van der Waals surface area (Å²) in [4.78, 5) is 10.1. The van der Waals surface area contributed by atoms with Crippen LogP contribution in [0.15, 0.2) is 35.5 Å². The molecule has 0 fully saturated rings. The number of benzene rings is 1. The molecular formula is C10H10N4O5S. The monoisotopic (exact) mass is 298 g/mol. The van der Waals surface area contributed by atoms with Crippen LogP contribution in [-0.2, 0) is 10.0 Å². The summed E-state index contributed by atoms with van der Waals surface area (Å²) >= 11 is 0. The van der Waals surface area contributed by atoms with E-state index in [0.717, 1.165) is 12.3 Å². The Labute approximate surface area is 113 Å². The van der Waals surface area contributed by atoms with E-state index in [4.69, 9.17) is 4.74 Å². The predicted octanol–water partition coefficient (Wildman–Crippen LogP) is 1.13. The van der Waals surface area contributed by atoms with Crippen molar-refractivity contribution in [1.29, 1.82) is 0 Å². The quantitative estimate of drug-likeness (QED) is 0.629. The highest BCUT2D eigenvalue weighted by molar-refractivity contribution is 7.92. The predicted molar refractivity (Wildman–Crippen MR) is 69.0 cm³/mol. The minimum atomic E-state index is -3.84. The number of aromatic nitrogens is 2. The second kappa shape index (κ2) is 5.17. The number of rotatable bonds is 5. The smallest absolute Gasteiger partial charge is 0.312 e.